The van der Waals surface area contributed by atoms with Crippen molar-refractivity contribution < 1.29 is 18.8 Å². The molecule has 21 heavy (non-hydrogen) atoms. The molecule has 0 aromatic rings. The number of hydrogen-bond acceptors (Lipinski definition) is 4. The molecular formula is C16H27BO4. The minimum absolute atomic E-state index is 0.327. The molecule has 1 fully saturated rings. The van der Waals surface area contributed by atoms with Crippen molar-refractivity contribution in [2.75, 3.05) is 7.11 Å². The molecule has 1 saturated heterocycles. The summed E-state index contributed by atoms with van der Waals surface area (Å²) in [5.74, 6) is -0.327. The fourth-order valence-electron chi connectivity index (χ4n) is 2.10. The fourth-order valence-corrected chi connectivity index (χ4v) is 2.10. The first-order chi connectivity index (χ1) is 9.59. The number of rotatable bonds is 6. The van der Waals surface area contributed by atoms with Crippen LogP contribution < -0.4 is 0 Å². The second-order valence-corrected chi connectivity index (χ2v) is 6.61. The predicted octanol–water partition coefficient (Wildman–Crippen LogP) is 3.53. The standard InChI is InChI=1S/C16H27BO4/c1-12(2)9-8-10-13(14(18)19-7)11-17-20-15(3,4)16(5,6)21-17/h10H,1,8-9,11H2,2-7H3/b13-10-. The lowest BCUT2D eigenvalue weighted by molar-refractivity contribution is -0.136. The maximum absolute atomic E-state index is 11.9. The van der Waals surface area contributed by atoms with Crippen LogP contribution in [-0.4, -0.2) is 31.4 Å². The maximum atomic E-state index is 11.9. The molecule has 0 saturated carbocycles. The van der Waals surface area contributed by atoms with E-state index >= 15 is 0 Å². The number of carbonyl (C=O) groups is 1. The molecule has 0 bridgehead atoms. The van der Waals surface area contributed by atoms with Gasteiger partial charge in [-0.2, -0.15) is 0 Å². The Kier molecular flexibility index (Phi) is 5.82. The molecule has 0 unspecified atom stereocenters. The van der Waals surface area contributed by atoms with E-state index in [9.17, 15) is 4.79 Å². The van der Waals surface area contributed by atoms with E-state index in [1.807, 2.05) is 40.7 Å². The van der Waals surface area contributed by atoms with Gasteiger partial charge in [-0.05, 0) is 47.5 Å². The third kappa shape index (κ3) is 4.72. The molecule has 1 aliphatic heterocycles. The number of esters is 1. The van der Waals surface area contributed by atoms with Gasteiger partial charge in [0.15, 0.2) is 0 Å². The molecule has 118 valence electrons. The largest absolute Gasteiger partial charge is 0.466 e. The molecule has 1 aliphatic rings. The minimum atomic E-state index is -0.426. The zero-order chi connectivity index (χ0) is 16.3. The van der Waals surface area contributed by atoms with Crippen LogP contribution in [0, 0.1) is 0 Å². The van der Waals surface area contributed by atoms with Gasteiger partial charge in [0.05, 0.1) is 18.3 Å². The molecule has 5 heteroatoms. The highest BCUT2D eigenvalue weighted by Gasteiger charge is 2.51. The summed E-state index contributed by atoms with van der Waals surface area (Å²) in [5, 5.41) is 0. The van der Waals surface area contributed by atoms with Crippen molar-refractivity contribution >= 4 is 13.1 Å². The summed E-state index contributed by atoms with van der Waals surface area (Å²) in [7, 11) is 0.962. The smallest absolute Gasteiger partial charge is 0.462 e. The van der Waals surface area contributed by atoms with Gasteiger partial charge in [0, 0.05) is 11.9 Å². The Morgan fingerprint density at radius 3 is 2.19 bits per heavy atom. The van der Waals surface area contributed by atoms with Gasteiger partial charge in [0.1, 0.15) is 0 Å². The van der Waals surface area contributed by atoms with E-state index in [1.54, 1.807) is 0 Å². The van der Waals surface area contributed by atoms with Crippen LogP contribution in [0.5, 0.6) is 0 Å². The van der Waals surface area contributed by atoms with E-state index in [0.717, 1.165) is 18.4 Å². The number of carbonyl (C=O) groups excluding carboxylic acids is 1. The van der Waals surface area contributed by atoms with Gasteiger partial charge in [-0.3, -0.25) is 0 Å². The van der Waals surface area contributed by atoms with Gasteiger partial charge >= 0.3 is 13.1 Å². The van der Waals surface area contributed by atoms with Crippen molar-refractivity contribution in [2.24, 2.45) is 0 Å². The second kappa shape index (κ2) is 6.80. The summed E-state index contributed by atoms with van der Waals surface area (Å²) in [5.41, 5.74) is 0.899. The monoisotopic (exact) mass is 294 g/mol. The molecule has 0 aromatic carbocycles. The van der Waals surface area contributed by atoms with Crippen molar-refractivity contribution in [3.05, 3.63) is 23.8 Å². The Hall–Kier alpha value is -1.07. The average molecular weight is 294 g/mol. The number of allylic oxidation sites excluding steroid dienone is 2. The Labute approximate surface area is 128 Å². The second-order valence-electron chi connectivity index (χ2n) is 6.61. The van der Waals surface area contributed by atoms with Crippen molar-refractivity contribution in [3.63, 3.8) is 0 Å². The molecule has 1 rings (SSSR count). The summed E-state index contributed by atoms with van der Waals surface area (Å²) in [6, 6.07) is 0. The van der Waals surface area contributed by atoms with Gasteiger partial charge in [-0.25, -0.2) is 4.79 Å². The van der Waals surface area contributed by atoms with Gasteiger partial charge in [0.25, 0.3) is 0 Å². The van der Waals surface area contributed by atoms with Gasteiger partial charge < -0.3 is 14.0 Å². The van der Waals surface area contributed by atoms with Crippen LogP contribution in [-0.2, 0) is 18.8 Å². The highest BCUT2D eigenvalue weighted by Crippen LogP contribution is 2.38. The lowest BCUT2D eigenvalue weighted by atomic mass is 9.80. The molecule has 4 nitrogen and oxygen atoms in total. The maximum Gasteiger partial charge on any atom is 0.462 e. The molecule has 0 N–H and O–H groups in total. The summed E-state index contributed by atoms with van der Waals surface area (Å²) >= 11 is 0. The summed E-state index contributed by atoms with van der Waals surface area (Å²) in [6.07, 6.45) is 3.91. The van der Waals surface area contributed by atoms with E-state index in [4.69, 9.17) is 14.0 Å². The summed E-state index contributed by atoms with van der Waals surface area (Å²) in [6.45, 7) is 13.8. The Bertz CT molecular complexity index is 422. The first-order valence-corrected chi connectivity index (χ1v) is 7.36. The number of ether oxygens (including phenoxy) is 1. The van der Waals surface area contributed by atoms with Crippen molar-refractivity contribution in [1.82, 2.24) is 0 Å². The topological polar surface area (TPSA) is 44.8 Å². The third-order valence-corrected chi connectivity index (χ3v) is 4.10. The Morgan fingerprint density at radius 2 is 1.76 bits per heavy atom. The quantitative estimate of drug-likeness (QED) is 0.325. The highest BCUT2D eigenvalue weighted by atomic mass is 16.7. The third-order valence-electron chi connectivity index (χ3n) is 4.10. The SMILES string of the molecule is C=C(C)CC/C=C(/CB1OC(C)(C)C(C)(C)O1)C(=O)OC. The number of hydrogen-bond donors (Lipinski definition) is 0. The van der Waals surface area contributed by atoms with Crippen LogP contribution in [0.2, 0.25) is 6.32 Å². The van der Waals surface area contributed by atoms with Gasteiger partial charge in [-0.1, -0.05) is 11.6 Å². The molecule has 0 aliphatic carbocycles. The molecule has 0 aromatic heterocycles. The normalized spacial score (nSPS) is 20.5. The first kappa shape index (κ1) is 18.0. The first-order valence-electron chi connectivity index (χ1n) is 7.36. The lowest BCUT2D eigenvalue weighted by Crippen LogP contribution is -2.41. The van der Waals surface area contributed by atoms with Crippen LogP contribution in [0.15, 0.2) is 23.8 Å². The highest BCUT2D eigenvalue weighted by molar-refractivity contribution is 6.47. The fraction of sp³-hybridized carbons (Fsp3) is 0.688. The zero-order valence-electron chi connectivity index (χ0n) is 14.1. The predicted molar refractivity (Wildman–Crippen MR) is 85.0 cm³/mol. The van der Waals surface area contributed by atoms with E-state index in [1.165, 1.54) is 7.11 Å². The van der Waals surface area contributed by atoms with Gasteiger partial charge in [-0.15, -0.1) is 6.58 Å². The van der Waals surface area contributed by atoms with Crippen molar-refractivity contribution in [2.45, 2.75) is 65.0 Å². The van der Waals surface area contributed by atoms with Gasteiger partial charge in [0.2, 0.25) is 0 Å². The minimum Gasteiger partial charge on any atom is -0.466 e. The van der Waals surface area contributed by atoms with E-state index in [2.05, 4.69) is 6.58 Å². The molecule has 0 spiro atoms. The summed E-state index contributed by atoms with van der Waals surface area (Å²) < 4.78 is 16.7. The van der Waals surface area contributed by atoms with Crippen molar-refractivity contribution in [1.29, 1.82) is 0 Å². The van der Waals surface area contributed by atoms with Crippen LogP contribution in [0.3, 0.4) is 0 Å². The van der Waals surface area contributed by atoms with Crippen LogP contribution >= 0.6 is 0 Å². The Morgan fingerprint density at radius 1 is 1.24 bits per heavy atom. The van der Waals surface area contributed by atoms with Crippen LogP contribution in [0.4, 0.5) is 0 Å². The van der Waals surface area contributed by atoms with Crippen LogP contribution in [0.25, 0.3) is 0 Å². The van der Waals surface area contributed by atoms with E-state index < -0.39 is 18.3 Å². The zero-order valence-corrected chi connectivity index (χ0v) is 14.1. The summed E-state index contributed by atoms with van der Waals surface area (Å²) in [4.78, 5) is 11.9. The van der Waals surface area contributed by atoms with E-state index in [-0.39, 0.29) is 5.97 Å². The van der Waals surface area contributed by atoms with Crippen LogP contribution in [0.1, 0.15) is 47.5 Å². The molecule has 0 amide bonds. The van der Waals surface area contributed by atoms with Crippen molar-refractivity contribution in [3.8, 4) is 0 Å². The lowest BCUT2D eigenvalue weighted by Gasteiger charge is -2.32. The molecule has 0 radical (unpaired) electrons. The number of methoxy groups -OCH3 is 1. The molecular weight excluding hydrogens is 267 g/mol. The Balaban J connectivity index is 2.75. The molecule has 1 heterocycles. The average Bonchev–Trinajstić information content (AvgIpc) is 2.54. The van der Waals surface area contributed by atoms with E-state index in [0.29, 0.717) is 11.9 Å². The molecule has 0 atom stereocenters.